The van der Waals surface area contributed by atoms with Gasteiger partial charge in [0.05, 0.1) is 0 Å². The molecule has 6 nitrogen and oxygen atoms in total. The van der Waals surface area contributed by atoms with E-state index in [0.717, 1.165) is 37.1 Å². The molecule has 2 heterocycles. The van der Waals surface area contributed by atoms with Crippen LogP contribution in [0.1, 0.15) is 37.7 Å². The van der Waals surface area contributed by atoms with Crippen molar-refractivity contribution in [3.63, 3.8) is 0 Å². The average Bonchev–Trinajstić information content (AvgIpc) is 2.98. The molecule has 3 atom stereocenters. The first-order chi connectivity index (χ1) is 14.6. The number of rotatable bonds is 6. The molecule has 1 fully saturated rings. The lowest BCUT2D eigenvalue weighted by atomic mass is 9.77. The Morgan fingerprint density at radius 2 is 2.00 bits per heavy atom. The molecule has 0 radical (unpaired) electrons. The predicted octanol–water partition coefficient (Wildman–Crippen LogP) is 3.68. The maximum Gasteiger partial charge on any atom is 0.261 e. The van der Waals surface area contributed by atoms with E-state index in [-0.39, 0.29) is 11.9 Å². The second-order valence-corrected chi connectivity index (χ2v) is 8.30. The Kier molecular flexibility index (Phi) is 5.84. The number of carbonyl (C=O) groups excluding carboxylic acids is 1. The average molecular weight is 404 g/mol. The van der Waals surface area contributed by atoms with Crippen molar-refractivity contribution in [2.24, 2.45) is 16.6 Å². The van der Waals surface area contributed by atoms with Gasteiger partial charge in [0.2, 0.25) is 0 Å². The van der Waals surface area contributed by atoms with Gasteiger partial charge < -0.3 is 11.1 Å². The van der Waals surface area contributed by atoms with Crippen LogP contribution in [-0.2, 0) is 4.79 Å². The van der Waals surface area contributed by atoms with Gasteiger partial charge in [0.15, 0.2) is 11.5 Å². The molecule has 1 unspecified atom stereocenters. The third-order valence-corrected chi connectivity index (χ3v) is 6.08. The number of hydrogen-bond acceptors (Lipinski definition) is 5. The van der Waals surface area contributed by atoms with E-state index in [2.05, 4.69) is 15.3 Å². The number of pyridine rings is 1. The molecule has 0 spiro atoms. The molecule has 1 aromatic heterocycles. The van der Waals surface area contributed by atoms with Crippen molar-refractivity contribution >= 4 is 23.8 Å². The first kappa shape index (κ1) is 20.1. The first-order valence-electron chi connectivity index (χ1n) is 10.6. The summed E-state index contributed by atoms with van der Waals surface area (Å²) in [6.45, 7) is 0. The number of nitrogens with two attached hydrogens (primary N) is 1. The summed E-state index contributed by atoms with van der Waals surface area (Å²) in [5, 5.41) is 3.55. The molecule has 0 saturated heterocycles. The van der Waals surface area contributed by atoms with Crippen LogP contribution in [0.4, 0.5) is 5.82 Å². The Balaban J connectivity index is 1.52. The van der Waals surface area contributed by atoms with Crippen LogP contribution in [0.25, 0.3) is 6.08 Å². The van der Waals surface area contributed by atoms with Gasteiger partial charge in [-0.3, -0.25) is 9.69 Å². The van der Waals surface area contributed by atoms with Crippen LogP contribution in [0.15, 0.2) is 65.8 Å². The van der Waals surface area contributed by atoms with E-state index >= 15 is 0 Å². The van der Waals surface area contributed by atoms with Gasteiger partial charge in [-0.25, -0.2) is 9.98 Å². The van der Waals surface area contributed by atoms with Crippen LogP contribution in [0.2, 0.25) is 0 Å². The highest BCUT2D eigenvalue weighted by Gasteiger charge is 2.46. The minimum Gasteiger partial charge on any atom is -0.369 e. The monoisotopic (exact) mass is 403 g/mol. The largest absolute Gasteiger partial charge is 0.369 e. The molecule has 1 amide bonds. The number of aliphatic imine (C=N–C) groups is 1. The molecule has 156 valence electrons. The zero-order chi connectivity index (χ0) is 21.0. The fraction of sp³-hybridized carbons (Fsp3) is 0.375. The van der Waals surface area contributed by atoms with E-state index in [9.17, 15) is 4.79 Å². The SMILES string of the molecule is CN1C(=O)[C@](C=Cc2ccccc2)(CC2CCC[C@H](Nc3ccccn3)C2)N=C1N. The number of nitrogens with zero attached hydrogens (tertiary/aromatic N) is 3. The molecule has 6 heteroatoms. The number of carbonyl (C=O) groups is 1. The van der Waals surface area contributed by atoms with Crippen LogP contribution in [0.5, 0.6) is 0 Å². The van der Waals surface area contributed by atoms with Crippen molar-refractivity contribution in [3.8, 4) is 0 Å². The van der Waals surface area contributed by atoms with Gasteiger partial charge in [-0.1, -0.05) is 55.3 Å². The number of aromatic nitrogens is 1. The highest BCUT2D eigenvalue weighted by Crippen LogP contribution is 2.37. The standard InChI is InChI=1S/C24H29N5O/c1-29-22(30)24(28-23(29)25,14-13-18-8-3-2-4-9-18)17-19-10-7-11-20(16-19)27-21-12-5-6-15-26-21/h2-6,8-9,12-15,19-20H,7,10-11,16-17H2,1H3,(H2,25,28)(H,26,27)/t19?,20-,24-/m0/s1. The summed E-state index contributed by atoms with van der Waals surface area (Å²) in [6.07, 6.45) is 10.7. The number of amides is 1. The molecule has 1 aliphatic carbocycles. The van der Waals surface area contributed by atoms with E-state index in [1.807, 2.05) is 60.7 Å². The molecule has 1 aromatic carbocycles. The summed E-state index contributed by atoms with van der Waals surface area (Å²) in [6, 6.07) is 16.3. The van der Waals surface area contributed by atoms with Gasteiger partial charge >= 0.3 is 0 Å². The number of anilines is 1. The quantitative estimate of drug-likeness (QED) is 0.771. The first-order valence-corrected chi connectivity index (χ1v) is 10.6. The minimum absolute atomic E-state index is 0.0491. The summed E-state index contributed by atoms with van der Waals surface area (Å²) in [5.41, 5.74) is 6.17. The van der Waals surface area contributed by atoms with Crippen molar-refractivity contribution in [2.45, 2.75) is 43.7 Å². The van der Waals surface area contributed by atoms with Gasteiger partial charge in [-0.15, -0.1) is 0 Å². The van der Waals surface area contributed by atoms with Gasteiger partial charge in [-0.05, 0) is 49.0 Å². The normalized spacial score (nSPS) is 26.8. The molecule has 4 rings (SSSR count). The van der Waals surface area contributed by atoms with Gasteiger partial charge in [0, 0.05) is 19.3 Å². The Morgan fingerprint density at radius 1 is 1.20 bits per heavy atom. The molecule has 2 aliphatic rings. The van der Waals surface area contributed by atoms with Crippen molar-refractivity contribution < 1.29 is 4.79 Å². The Labute approximate surface area is 177 Å². The summed E-state index contributed by atoms with van der Waals surface area (Å²) >= 11 is 0. The number of guanidine groups is 1. The van der Waals surface area contributed by atoms with Crippen molar-refractivity contribution in [3.05, 3.63) is 66.4 Å². The number of hydrogen-bond donors (Lipinski definition) is 2. The lowest BCUT2D eigenvalue weighted by Crippen LogP contribution is -2.43. The van der Waals surface area contributed by atoms with E-state index in [0.29, 0.717) is 18.4 Å². The minimum atomic E-state index is -0.924. The molecule has 1 aliphatic heterocycles. The van der Waals surface area contributed by atoms with Crippen LogP contribution < -0.4 is 11.1 Å². The smallest absolute Gasteiger partial charge is 0.261 e. The van der Waals surface area contributed by atoms with Gasteiger partial charge in [-0.2, -0.15) is 0 Å². The Morgan fingerprint density at radius 3 is 2.70 bits per heavy atom. The van der Waals surface area contributed by atoms with Crippen molar-refractivity contribution in [1.82, 2.24) is 9.88 Å². The topological polar surface area (TPSA) is 83.6 Å². The van der Waals surface area contributed by atoms with Crippen LogP contribution in [0, 0.1) is 5.92 Å². The van der Waals surface area contributed by atoms with Crippen LogP contribution in [-0.4, -0.2) is 40.4 Å². The van der Waals surface area contributed by atoms with E-state index < -0.39 is 5.54 Å². The van der Waals surface area contributed by atoms with Crippen molar-refractivity contribution in [2.75, 3.05) is 12.4 Å². The van der Waals surface area contributed by atoms with E-state index in [1.165, 1.54) is 4.90 Å². The molecule has 2 aromatic rings. The predicted molar refractivity (Wildman–Crippen MR) is 121 cm³/mol. The maximum absolute atomic E-state index is 13.2. The molecule has 3 N–H and O–H groups in total. The second-order valence-electron chi connectivity index (χ2n) is 8.30. The maximum atomic E-state index is 13.2. The molecular formula is C24H29N5O. The molecular weight excluding hydrogens is 374 g/mol. The van der Waals surface area contributed by atoms with E-state index in [4.69, 9.17) is 5.73 Å². The number of benzene rings is 1. The summed E-state index contributed by atoms with van der Waals surface area (Å²) in [4.78, 5) is 23.7. The lowest BCUT2D eigenvalue weighted by Gasteiger charge is -2.33. The Bertz CT molecular complexity index is 927. The number of nitrogens with one attached hydrogen (secondary N) is 1. The number of likely N-dealkylation sites (N-methyl/N-ethyl adjacent to an activating group) is 1. The zero-order valence-electron chi connectivity index (χ0n) is 17.4. The molecule has 1 saturated carbocycles. The van der Waals surface area contributed by atoms with Crippen molar-refractivity contribution in [1.29, 1.82) is 0 Å². The second kappa shape index (κ2) is 8.69. The third-order valence-electron chi connectivity index (χ3n) is 6.08. The fourth-order valence-electron chi connectivity index (χ4n) is 4.53. The van der Waals surface area contributed by atoms with Gasteiger partial charge in [0.1, 0.15) is 5.82 Å². The summed E-state index contributed by atoms with van der Waals surface area (Å²) in [7, 11) is 1.70. The van der Waals surface area contributed by atoms with Crippen LogP contribution >= 0.6 is 0 Å². The lowest BCUT2D eigenvalue weighted by molar-refractivity contribution is -0.129. The third kappa shape index (κ3) is 4.37. The highest BCUT2D eigenvalue weighted by atomic mass is 16.2. The zero-order valence-corrected chi connectivity index (χ0v) is 17.4. The molecule has 0 bridgehead atoms. The van der Waals surface area contributed by atoms with Gasteiger partial charge in [0.25, 0.3) is 5.91 Å². The summed E-state index contributed by atoms with van der Waals surface area (Å²) < 4.78 is 0. The highest BCUT2D eigenvalue weighted by molar-refractivity contribution is 6.08. The van der Waals surface area contributed by atoms with E-state index in [1.54, 1.807) is 13.2 Å². The Hall–Kier alpha value is -3.15. The summed E-state index contributed by atoms with van der Waals surface area (Å²) in [5.74, 6) is 1.52. The molecule has 30 heavy (non-hydrogen) atoms. The fourth-order valence-corrected chi connectivity index (χ4v) is 4.53. The van der Waals surface area contributed by atoms with Crippen LogP contribution in [0.3, 0.4) is 0 Å².